The molecule has 2 heterocycles. The van der Waals surface area contributed by atoms with E-state index in [0.29, 0.717) is 11.4 Å². The van der Waals surface area contributed by atoms with E-state index in [1.807, 2.05) is 31.1 Å². The van der Waals surface area contributed by atoms with Crippen LogP contribution in [-0.2, 0) is 19.2 Å². The number of carbonyl (C=O) groups excluding carboxylic acids is 4. The molecule has 8 rings (SSSR count). The summed E-state index contributed by atoms with van der Waals surface area (Å²) in [6.45, 7) is 0. The molecule has 2 aliphatic heterocycles. The highest BCUT2D eigenvalue weighted by Crippen LogP contribution is 2.67. The molecule has 6 atom stereocenters. The van der Waals surface area contributed by atoms with Crippen LogP contribution in [0.5, 0.6) is 11.5 Å². The third-order valence-electron chi connectivity index (χ3n) is 11.6. The number of phenols is 1. The van der Waals surface area contributed by atoms with Crippen LogP contribution in [0.1, 0.15) is 24.3 Å². The lowest BCUT2D eigenvalue weighted by Crippen LogP contribution is -2.60. The van der Waals surface area contributed by atoms with Gasteiger partial charge in [0.15, 0.2) is 44.5 Å². The first-order chi connectivity index (χ1) is 28.4. The van der Waals surface area contributed by atoms with Crippen LogP contribution in [-0.4, -0.2) is 59.7 Å². The Bertz CT molecular complexity index is 2590. The summed E-state index contributed by atoms with van der Waals surface area (Å²) in [5.74, 6) is -23.1. The van der Waals surface area contributed by atoms with E-state index in [1.54, 1.807) is 24.3 Å². The molecule has 6 unspecified atom stereocenters. The van der Waals surface area contributed by atoms with Gasteiger partial charge < -0.3 is 14.7 Å². The maximum absolute atomic E-state index is 15.4. The summed E-state index contributed by atoms with van der Waals surface area (Å²) in [6.07, 6.45) is 0.697. The Balaban J connectivity index is 1.21. The molecule has 11 nitrogen and oxygen atoms in total. The number of hydrogen-bond acceptors (Lipinski definition) is 9. The van der Waals surface area contributed by atoms with Crippen molar-refractivity contribution in [1.29, 1.82) is 0 Å². The number of ether oxygens (including phenoxy) is 1. The normalized spacial score (nSPS) is 26.1. The smallest absolute Gasteiger partial charge is 0.258 e. The first-order valence-electron chi connectivity index (χ1n) is 18.1. The van der Waals surface area contributed by atoms with E-state index in [2.05, 4.69) is 26.2 Å². The number of hydrogen-bond donors (Lipinski definition) is 1. The second-order valence-electron chi connectivity index (χ2n) is 14.9. The minimum atomic E-state index is -2.84. The van der Waals surface area contributed by atoms with Gasteiger partial charge in [-0.25, -0.2) is 26.9 Å². The van der Waals surface area contributed by atoms with Crippen molar-refractivity contribution in [3.05, 3.63) is 111 Å². The average molecular weight is 934 g/mol. The molecule has 0 radical (unpaired) electrons. The summed E-state index contributed by atoms with van der Waals surface area (Å²) in [4.78, 5) is 54.7. The predicted molar refractivity (Wildman–Crippen MR) is 213 cm³/mol. The van der Waals surface area contributed by atoms with E-state index in [9.17, 15) is 37.5 Å². The SMILES string of the molecule is COc1cc(Br)cc(C2C3=CCC4C(=O)N(c5ccc(N=Nc6ccc(N(C)C)cc6)cc5)C(=O)C4C3CC3(Cl)C(=O)N(c4c(F)c(F)c(F)c(F)c4F)C(=O)C23Cl)c1O. The van der Waals surface area contributed by atoms with Gasteiger partial charge in [0, 0.05) is 35.7 Å². The van der Waals surface area contributed by atoms with Gasteiger partial charge in [-0.05, 0) is 79.4 Å². The van der Waals surface area contributed by atoms with Crippen molar-refractivity contribution in [1.82, 2.24) is 0 Å². The Hall–Kier alpha value is -5.39. The number of halogens is 8. The van der Waals surface area contributed by atoms with E-state index >= 15 is 8.78 Å². The highest BCUT2D eigenvalue weighted by Gasteiger charge is 2.77. The largest absolute Gasteiger partial charge is 0.504 e. The predicted octanol–water partition coefficient (Wildman–Crippen LogP) is 9.11. The quantitative estimate of drug-likeness (QED) is 0.0372. The number of aromatic hydroxyl groups is 1. The van der Waals surface area contributed by atoms with Crippen LogP contribution in [0.15, 0.2) is 87.0 Å². The van der Waals surface area contributed by atoms with Crippen LogP contribution in [0.25, 0.3) is 0 Å². The molecule has 0 aromatic heterocycles. The Kier molecular flexibility index (Phi) is 10.1. The molecule has 310 valence electrons. The van der Waals surface area contributed by atoms with Gasteiger partial charge in [-0.3, -0.25) is 24.1 Å². The summed E-state index contributed by atoms with van der Waals surface area (Å²) in [5.41, 5.74) is 0.157. The van der Waals surface area contributed by atoms with E-state index in [1.165, 1.54) is 37.5 Å². The Morgan fingerprint density at radius 2 is 1.37 bits per heavy atom. The van der Waals surface area contributed by atoms with Crippen LogP contribution in [0, 0.1) is 46.8 Å². The number of methoxy groups -OCH3 is 1. The fourth-order valence-electron chi connectivity index (χ4n) is 8.74. The Morgan fingerprint density at radius 3 is 1.93 bits per heavy atom. The maximum atomic E-state index is 15.4. The fraction of sp³-hybridized carbons (Fsp3) is 0.268. The summed E-state index contributed by atoms with van der Waals surface area (Å²) in [7, 11) is 5.02. The zero-order valence-corrected chi connectivity index (χ0v) is 34.4. The number of carbonyl (C=O) groups is 4. The van der Waals surface area contributed by atoms with Crippen LogP contribution in [0.3, 0.4) is 0 Å². The lowest BCUT2D eigenvalue weighted by molar-refractivity contribution is -0.125. The average Bonchev–Trinajstić information content (AvgIpc) is 3.57. The molecule has 2 saturated heterocycles. The van der Waals surface area contributed by atoms with Gasteiger partial charge in [0.2, 0.25) is 17.6 Å². The van der Waals surface area contributed by atoms with Crippen molar-refractivity contribution in [3.8, 4) is 11.5 Å². The molecule has 19 heteroatoms. The number of phenolic OH excluding ortho intramolecular Hbond substituents is 1. The molecule has 4 amide bonds. The Labute approximate surface area is 356 Å². The van der Waals surface area contributed by atoms with Crippen molar-refractivity contribution >= 4 is 91.2 Å². The molecule has 4 aliphatic rings. The van der Waals surface area contributed by atoms with Gasteiger partial charge in [0.05, 0.1) is 36.0 Å². The fourth-order valence-corrected chi connectivity index (χ4v) is 10.1. The number of alkyl halides is 2. The number of nitrogens with zero attached hydrogens (tertiary/aromatic N) is 5. The van der Waals surface area contributed by atoms with Gasteiger partial charge in [0.25, 0.3) is 11.8 Å². The molecular formula is C41H29BrCl2F5N5O6. The molecule has 1 N–H and O–H groups in total. The lowest BCUT2D eigenvalue weighted by Gasteiger charge is -2.50. The van der Waals surface area contributed by atoms with Crippen molar-refractivity contribution < 1.29 is 51.0 Å². The van der Waals surface area contributed by atoms with Crippen molar-refractivity contribution in [2.75, 3.05) is 35.9 Å². The zero-order chi connectivity index (χ0) is 43.3. The van der Waals surface area contributed by atoms with E-state index in [0.717, 1.165) is 10.6 Å². The second kappa shape index (κ2) is 14.7. The monoisotopic (exact) mass is 931 g/mol. The maximum Gasteiger partial charge on any atom is 0.258 e. The second-order valence-corrected chi connectivity index (χ2v) is 17.0. The summed E-state index contributed by atoms with van der Waals surface area (Å²) >= 11 is 17.7. The zero-order valence-electron chi connectivity index (χ0n) is 31.3. The third kappa shape index (κ3) is 5.86. The number of rotatable bonds is 7. The molecule has 4 aromatic rings. The van der Waals surface area contributed by atoms with Crippen molar-refractivity contribution in [2.24, 2.45) is 28.0 Å². The summed E-state index contributed by atoms with van der Waals surface area (Å²) in [6, 6.07) is 16.1. The molecule has 4 aromatic carbocycles. The van der Waals surface area contributed by atoms with Crippen LogP contribution >= 0.6 is 39.1 Å². The van der Waals surface area contributed by atoms with Crippen LogP contribution in [0.4, 0.5) is 50.4 Å². The highest BCUT2D eigenvalue weighted by atomic mass is 79.9. The first-order valence-corrected chi connectivity index (χ1v) is 19.6. The van der Waals surface area contributed by atoms with Crippen molar-refractivity contribution in [3.63, 3.8) is 0 Å². The number of allylic oxidation sites excluding steroid dienone is 2. The Morgan fingerprint density at radius 1 is 0.800 bits per heavy atom. The minimum Gasteiger partial charge on any atom is -0.504 e. The lowest BCUT2D eigenvalue weighted by atomic mass is 9.56. The molecule has 2 aliphatic carbocycles. The van der Waals surface area contributed by atoms with Gasteiger partial charge >= 0.3 is 0 Å². The number of amides is 4. The summed E-state index contributed by atoms with van der Waals surface area (Å²) in [5, 5.41) is 20.0. The molecular weight excluding hydrogens is 904 g/mol. The van der Waals surface area contributed by atoms with Gasteiger partial charge in [-0.2, -0.15) is 10.2 Å². The van der Waals surface area contributed by atoms with E-state index < -0.39 is 104 Å². The number of fused-ring (bicyclic) bond motifs is 4. The van der Waals surface area contributed by atoms with E-state index in [4.69, 9.17) is 27.9 Å². The molecule has 1 saturated carbocycles. The van der Waals surface area contributed by atoms with Crippen LogP contribution in [0.2, 0.25) is 0 Å². The van der Waals surface area contributed by atoms with Gasteiger partial charge in [-0.1, -0.05) is 27.6 Å². The molecule has 3 fully saturated rings. The van der Waals surface area contributed by atoms with Crippen molar-refractivity contribution in [2.45, 2.75) is 28.5 Å². The first kappa shape index (κ1) is 41.3. The molecule has 60 heavy (non-hydrogen) atoms. The molecule has 0 bridgehead atoms. The number of anilines is 3. The van der Waals surface area contributed by atoms with Crippen LogP contribution < -0.4 is 19.4 Å². The van der Waals surface area contributed by atoms with Gasteiger partial charge in [0.1, 0.15) is 5.69 Å². The highest BCUT2D eigenvalue weighted by molar-refractivity contribution is 9.10. The third-order valence-corrected chi connectivity index (χ3v) is 13.4. The standard InChI is InChI=1S/C41H29BrCl2F5N5O6/c1-52(2)20-8-4-18(5-9-20)50-51-19-6-10-21(11-7-19)53-36(56)23-13-12-22-25(27(23)37(53)57)16-40(43)38(58)54(34-32(48)30(46)29(45)31(47)33(34)49)39(59)41(40,44)28(22)24-14-17(42)15-26(60-3)35(24)55/h4-12,14-15,23,25,27-28,55H,13,16H2,1-3H3. The number of azo groups is 1. The topological polar surface area (TPSA) is 132 Å². The van der Waals surface area contributed by atoms with E-state index in [-0.39, 0.29) is 38.4 Å². The van der Waals surface area contributed by atoms with Gasteiger partial charge in [-0.15, -0.1) is 23.2 Å². The molecule has 0 spiro atoms. The number of benzene rings is 4. The summed E-state index contributed by atoms with van der Waals surface area (Å²) < 4.78 is 79.7. The minimum absolute atomic E-state index is 0.107. The number of imide groups is 2.